The molecule has 0 aromatic heterocycles. The Morgan fingerprint density at radius 1 is 0.456 bits per heavy atom. The van der Waals surface area contributed by atoms with Crippen LogP contribution in [0.2, 0.25) is 5.02 Å². The van der Waals surface area contributed by atoms with Crippen LogP contribution in [-0.4, -0.2) is 92.7 Å². The number of nitrogens with two attached hydrogens (primary N) is 1. The third kappa shape index (κ3) is 16.1. The predicted octanol–water partition coefficient (Wildman–Crippen LogP) is 8.38. The van der Waals surface area contributed by atoms with Gasteiger partial charge in [-0.15, -0.1) is 0 Å². The van der Waals surface area contributed by atoms with Crippen molar-refractivity contribution in [2.75, 3.05) is 84.1 Å². The van der Waals surface area contributed by atoms with Crippen LogP contribution in [0.25, 0.3) is 0 Å². The summed E-state index contributed by atoms with van der Waals surface area (Å²) in [6, 6.07) is 36.0. The molecule has 23 heteroatoms. The van der Waals surface area contributed by atoms with Gasteiger partial charge in [0.05, 0.1) is 58.3 Å². The Morgan fingerprint density at radius 3 is 1.07 bits per heavy atom. The molecule has 6 aromatic rings. The molecule has 68 heavy (non-hydrogen) atoms. The van der Waals surface area contributed by atoms with E-state index in [-0.39, 0.29) is 55.9 Å². The van der Waals surface area contributed by atoms with Gasteiger partial charge in [-0.1, -0.05) is 55.4 Å². The van der Waals surface area contributed by atoms with Crippen LogP contribution in [0.5, 0.6) is 0 Å². The maximum atomic E-state index is 11.6. The molecule has 22 nitrogen and oxygen atoms in total. The highest BCUT2D eigenvalue weighted by Gasteiger charge is 2.26. The minimum Gasteiger partial charge on any atom is -0.399 e. The van der Waals surface area contributed by atoms with Crippen molar-refractivity contribution in [2.24, 2.45) is 0 Å². The van der Waals surface area contributed by atoms with Crippen LogP contribution in [0.3, 0.4) is 0 Å². The molecule has 0 unspecified atom stereocenters. The fraction of sp³-hybridized carbons (Fsp3) is 0.200. The summed E-state index contributed by atoms with van der Waals surface area (Å²) in [7, 11) is 0. The summed E-state index contributed by atoms with van der Waals surface area (Å²) in [4.78, 5) is 46.0. The zero-order valence-electron chi connectivity index (χ0n) is 35.6. The first-order chi connectivity index (χ1) is 32.2. The quantitative estimate of drug-likeness (QED) is 0.0202. The highest BCUT2D eigenvalue weighted by atomic mass is 35.5. The summed E-state index contributed by atoms with van der Waals surface area (Å²) in [5.41, 5.74) is 7.63. The number of nitro groups is 4. The summed E-state index contributed by atoms with van der Waals surface area (Å²) >= 11 is 5.85. The lowest BCUT2D eigenvalue weighted by atomic mass is 10.1. The minimum absolute atomic E-state index is 0. The van der Waals surface area contributed by atoms with E-state index in [0.29, 0.717) is 43.2 Å². The topological polar surface area (TPSA) is 322 Å². The van der Waals surface area contributed by atoms with Crippen molar-refractivity contribution in [2.45, 2.75) is 7.43 Å². The van der Waals surface area contributed by atoms with Gasteiger partial charge in [-0.05, 0) is 84.9 Å². The van der Waals surface area contributed by atoms with Crippen LogP contribution in [0.4, 0.5) is 73.9 Å². The average Bonchev–Trinajstić information content (AvgIpc) is 3.30. The van der Waals surface area contributed by atoms with Crippen LogP contribution in [0.1, 0.15) is 7.43 Å². The molecule has 0 saturated carbocycles. The number of para-hydroxylation sites is 2. The van der Waals surface area contributed by atoms with Gasteiger partial charge < -0.3 is 51.9 Å². The number of aliphatic hydroxyl groups excluding tert-OH is 4. The largest absolute Gasteiger partial charge is 0.399 e. The molecule has 6 rings (SSSR count). The van der Waals surface area contributed by atoms with E-state index in [1.165, 1.54) is 6.07 Å². The molecule has 0 aliphatic heterocycles. The van der Waals surface area contributed by atoms with E-state index in [0.717, 1.165) is 35.3 Å². The lowest BCUT2D eigenvalue weighted by Gasteiger charge is -2.23. The summed E-state index contributed by atoms with van der Waals surface area (Å²) in [5, 5.41) is 90.4. The van der Waals surface area contributed by atoms with Gasteiger partial charge in [0.15, 0.2) is 0 Å². The molecule has 0 aliphatic rings. The number of rotatable bonds is 20. The van der Waals surface area contributed by atoms with Gasteiger partial charge in [0.25, 0.3) is 22.7 Å². The van der Waals surface area contributed by atoms with Gasteiger partial charge in [0.2, 0.25) is 0 Å². The van der Waals surface area contributed by atoms with E-state index in [1.54, 1.807) is 88.7 Å². The zero-order chi connectivity index (χ0) is 48.9. The van der Waals surface area contributed by atoms with Gasteiger partial charge in [-0.3, -0.25) is 40.5 Å². The first-order valence-electron chi connectivity index (χ1n) is 20.1. The molecule has 0 fully saturated rings. The first kappa shape index (κ1) is 54.2. The Morgan fingerprint density at radius 2 is 0.765 bits per heavy atom. The molecule has 9 N–H and O–H groups in total. The second kappa shape index (κ2) is 27.4. The fourth-order valence-corrected chi connectivity index (χ4v) is 6.43. The second-order valence-electron chi connectivity index (χ2n) is 13.8. The minimum atomic E-state index is -0.787. The van der Waals surface area contributed by atoms with Crippen LogP contribution >= 0.6 is 11.6 Å². The molecule has 0 bridgehead atoms. The highest BCUT2D eigenvalue weighted by molar-refractivity contribution is 6.33. The van der Waals surface area contributed by atoms with Gasteiger partial charge in [0, 0.05) is 60.3 Å². The second-order valence-corrected chi connectivity index (χ2v) is 14.3. The van der Waals surface area contributed by atoms with Gasteiger partial charge in [0.1, 0.15) is 22.1 Å². The number of benzene rings is 6. The first-order valence-corrected chi connectivity index (χ1v) is 20.5. The molecule has 0 spiro atoms. The Labute approximate surface area is 395 Å². The maximum Gasteiger partial charge on any atom is 0.299 e. The van der Waals surface area contributed by atoms with E-state index in [1.807, 2.05) is 30.3 Å². The number of nitrogen functional groups attached to an aromatic ring is 1. The van der Waals surface area contributed by atoms with Crippen molar-refractivity contribution in [3.63, 3.8) is 0 Å². The summed E-state index contributed by atoms with van der Waals surface area (Å²) < 4.78 is 0. The average molecular weight is 959 g/mol. The summed E-state index contributed by atoms with van der Waals surface area (Å²) in [5.74, 6) is 0. The molecule has 0 aliphatic carbocycles. The SMILES string of the molecule is C.Nc1ccccc1.O=[N+]([O-])c1cc([N+](=O)[O-])c(Nc2ccc(N(CCO)CCO)cc2)cc1Cl.O=[N+]([O-])c1cc([N+](=O)[O-])c(Nc2ccc(N(CCO)CCO)cc2)cc1Nc1ccccc1. The lowest BCUT2D eigenvalue weighted by Crippen LogP contribution is -2.29. The monoisotopic (exact) mass is 958 g/mol. The summed E-state index contributed by atoms with van der Waals surface area (Å²) in [6.45, 7) is 1.07. The Kier molecular flexibility index (Phi) is 21.8. The van der Waals surface area contributed by atoms with Gasteiger partial charge in [-0.25, -0.2) is 0 Å². The van der Waals surface area contributed by atoms with Gasteiger partial charge in [-0.2, -0.15) is 0 Å². The number of halogens is 1. The van der Waals surface area contributed by atoms with E-state index in [4.69, 9.17) is 27.5 Å². The predicted molar refractivity (Wildman–Crippen MR) is 264 cm³/mol. The van der Waals surface area contributed by atoms with E-state index >= 15 is 0 Å². The number of hydrogen-bond acceptors (Lipinski definition) is 18. The Bertz CT molecular complexity index is 2550. The summed E-state index contributed by atoms with van der Waals surface area (Å²) in [6.07, 6.45) is 0. The number of hydrogen-bond donors (Lipinski definition) is 8. The fourth-order valence-electron chi connectivity index (χ4n) is 6.20. The molecule has 6 aromatic carbocycles. The molecule has 0 saturated heterocycles. The lowest BCUT2D eigenvalue weighted by molar-refractivity contribution is -0.393. The molecular formula is C45H51ClN10O12. The van der Waals surface area contributed by atoms with E-state index < -0.39 is 42.4 Å². The molecule has 0 radical (unpaired) electrons. The Balaban J connectivity index is 0.000000315. The van der Waals surface area contributed by atoms with E-state index in [9.17, 15) is 50.7 Å². The zero-order valence-corrected chi connectivity index (χ0v) is 36.3. The molecule has 0 heterocycles. The van der Waals surface area contributed by atoms with Crippen molar-refractivity contribution in [3.05, 3.63) is 179 Å². The Hall–Kier alpha value is -8.15. The van der Waals surface area contributed by atoms with Crippen LogP contribution in [0.15, 0.2) is 133 Å². The van der Waals surface area contributed by atoms with Crippen molar-refractivity contribution in [3.8, 4) is 0 Å². The molecule has 360 valence electrons. The normalized spacial score (nSPS) is 10.1. The number of anilines is 9. The van der Waals surface area contributed by atoms with Crippen LogP contribution in [0, 0.1) is 40.5 Å². The van der Waals surface area contributed by atoms with Crippen molar-refractivity contribution < 1.29 is 40.1 Å². The smallest absolute Gasteiger partial charge is 0.299 e. The molecule has 0 amide bonds. The van der Waals surface area contributed by atoms with Crippen molar-refractivity contribution >= 4 is 85.5 Å². The number of aliphatic hydroxyl groups is 4. The maximum absolute atomic E-state index is 11.6. The van der Waals surface area contributed by atoms with Crippen molar-refractivity contribution in [1.29, 1.82) is 0 Å². The third-order valence-electron chi connectivity index (χ3n) is 9.32. The number of nitrogens with one attached hydrogen (secondary N) is 3. The van der Waals surface area contributed by atoms with Crippen molar-refractivity contribution in [1.82, 2.24) is 0 Å². The highest BCUT2D eigenvalue weighted by Crippen LogP contribution is 2.40. The number of nitrogens with zero attached hydrogens (tertiary/aromatic N) is 6. The molecule has 0 atom stereocenters. The van der Waals surface area contributed by atoms with E-state index in [2.05, 4.69) is 16.0 Å². The number of nitro benzene ring substituents is 4. The van der Waals surface area contributed by atoms with Gasteiger partial charge >= 0.3 is 0 Å². The third-order valence-corrected chi connectivity index (χ3v) is 9.62. The molecular weight excluding hydrogens is 908 g/mol. The van der Waals surface area contributed by atoms with Crippen LogP contribution < -0.4 is 31.5 Å². The van der Waals surface area contributed by atoms with Crippen LogP contribution in [-0.2, 0) is 0 Å². The standard InChI is InChI=1S/C22H23N5O6.C16H17ClN4O6.C6H7N.CH4/c28-12-10-25(11-13-29)18-8-6-17(7-9-18)24-20-14-19(23-16-4-2-1-3-5-16)21(26(30)31)15-22(20)27(32)33;17-13-9-14(16(21(26)27)10-15(13)20(24)25)18-11-1-3-12(4-2-11)19(5-7-22)6-8-23;7-6-4-2-1-3-5-6;/h1-9,14-15,23-24,28-29H,10-13H2;1-4,9-10,18,22-23H,5-8H2;1-5H,7H2;1H4.